The van der Waals surface area contributed by atoms with Crippen LogP contribution in [-0.2, 0) is 0 Å². The average Bonchev–Trinajstić information content (AvgIpc) is 3.53. The number of aromatic nitrogens is 2. The van der Waals surface area contributed by atoms with Gasteiger partial charge in [-0.3, -0.25) is 14.7 Å². The molecule has 0 atom stereocenters. The Labute approximate surface area is 259 Å². The number of nitrogens with zero attached hydrogens (tertiary/aromatic N) is 1. The van der Waals surface area contributed by atoms with E-state index in [0.29, 0.717) is 34.3 Å². The Hall–Kier alpha value is -5.59. The second-order valence-corrected chi connectivity index (χ2v) is 9.22. The quantitative estimate of drug-likeness (QED) is 0.196. The van der Waals surface area contributed by atoms with Crippen LogP contribution in [0.2, 0.25) is 0 Å². The molecule has 3 aromatic carbocycles. The number of aromatic amines is 1. The molecular weight excluding hydrogens is 588 g/mol. The van der Waals surface area contributed by atoms with Crippen molar-refractivity contribution in [2.75, 3.05) is 64.0 Å². The molecular formula is C32H34N2O11. The molecule has 1 heterocycles. The fourth-order valence-corrected chi connectivity index (χ4v) is 4.88. The van der Waals surface area contributed by atoms with E-state index in [-0.39, 0.29) is 51.1 Å². The van der Waals surface area contributed by atoms with Crippen molar-refractivity contribution in [3.8, 4) is 62.9 Å². The summed E-state index contributed by atoms with van der Waals surface area (Å²) in [4.78, 5) is 28.4. The average molecular weight is 623 g/mol. The highest BCUT2D eigenvalue weighted by Gasteiger charge is 2.30. The lowest BCUT2D eigenvalue weighted by Crippen LogP contribution is -2.08. The van der Waals surface area contributed by atoms with Crippen molar-refractivity contribution >= 4 is 11.6 Å². The Bertz CT molecular complexity index is 1560. The largest absolute Gasteiger partial charge is 0.493 e. The van der Waals surface area contributed by atoms with E-state index in [2.05, 4.69) is 10.2 Å². The van der Waals surface area contributed by atoms with Crippen molar-refractivity contribution in [3.05, 3.63) is 58.9 Å². The number of hydrogen-bond donors (Lipinski definition) is 1. The molecule has 0 fully saturated rings. The highest BCUT2D eigenvalue weighted by atomic mass is 16.5. The molecule has 0 bridgehead atoms. The maximum atomic E-state index is 14.2. The summed E-state index contributed by atoms with van der Waals surface area (Å²) >= 11 is 0. The third kappa shape index (κ3) is 5.84. The molecule has 13 nitrogen and oxygen atoms in total. The smallest absolute Gasteiger partial charge is 0.214 e. The van der Waals surface area contributed by atoms with E-state index >= 15 is 0 Å². The molecule has 1 N–H and O–H groups in total. The van der Waals surface area contributed by atoms with Gasteiger partial charge >= 0.3 is 0 Å². The molecule has 4 aromatic rings. The minimum atomic E-state index is -0.543. The first-order chi connectivity index (χ1) is 21.7. The summed E-state index contributed by atoms with van der Waals surface area (Å²) in [5, 5.41) is 7.11. The van der Waals surface area contributed by atoms with E-state index in [4.69, 9.17) is 42.6 Å². The second-order valence-electron chi connectivity index (χ2n) is 9.22. The molecule has 4 rings (SSSR count). The van der Waals surface area contributed by atoms with Crippen molar-refractivity contribution in [1.29, 1.82) is 0 Å². The lowest BCUT2D eigenvalue weighted by Gasteiger charge is -2.16. The van der Waals surface area contributed by atoms with E-state index in [9.17, 15) is 9.59 Å². The lowest BCUT2D eigenvalue weighted by molar-refractivity contribution is 0.102. The van der Waals surface area contributed by atoms with Gasteiger partial charge < -0.3 is 42.6 Å². The predicted octanol–water partition coefficient (Wildman–Crippen LogP) is 4.62. The van der Waals surface area contributed by atoms with Crippen LogP contribution in [0, 0.1) is 0 Å². The summed E-state index contributed by atoms with van der Waals surface area (Å²) in [7, 11) is 13.1. The van der Waals surface area contributed by atoms with Crippen molar-refractivity contribution < 1.29 is 52.2 Å². The van der Waals surface area contributed by atoms with Crippen LogP contribution in [0.25, 0.3) is 11.1 Å². The molecule has 0 aliphatic rings. The number of carbonyl (C=O) groups is 2. The molecule has 0 aliphatic carbocycles. The topological polar surface area (TPSA) is 146 Å². The Morgan fingerprint density at radius 2 is 0.822 bits per heavy atom. The Morgan fingerprint density at radius 3 is 1.16 bits per heavy atom. The molecule has 238 valence electrons. The van der Waals surface area contributed by atoms with Gasteiger partial charge in [0.2, 0.25) is 28.8 Å². The fourth-order valence-electron chi connectivity index (χ4n) is 4.88. The molecule has 0 spiro atoms. The predicted molar refractivity (Wildman–Crippen MR) is 163 cm³/mol. The van der Waals surface area contributed by atoms with E-state index in [1.54, 1.807) is 12.1 Å². The summed E-state index contributed by atoms with van der Waals surface area (Å²) in [5.74, 6) is 1.53. The van der Waals surface area contributed by atoms with Crippen molar-refractivity contribution in [2.45, 2.75) is 0 Å². The van der Waals surface area contributed by atoms with Gasteiger partial charge in [0.15, 0.2) is 34.5 Å². The van der Waals surface area contributed by atoms with Crippen LogP contribution in [-0.4, -0.2) is 85.8 Å². The number of benzene rings is 3. The number of hydrogen-bond acceptors (Lipinski definition) is 12. The molecule has 0 radical (unpaired) electrons. The standard InChI is InChI=1S/C32H34N2O11/c1-37-19-10-16(11-20(38-2)30(19)43-7)25-26(28(35)17-12-21(39-3)31(44-8)22(13-17)40-4)33-34-27(25)29(36)18-14-23(41-5)32(45-9)24(15-18)42-6/h10-15H,1-9H3,(H,33,34). The summed E-state index contributed by atoms with van der Waals surface area (Å²) in [6, 6.07) is 9.23. The zero-order valence-corrected chi connectivity index (χ0v) is 26.4. The van der Waals surface area contributed by atoms with Crippen LogP contribution in [0.15, 0.2) is 36.4 Å². The number of H-pyrrole nitrogens is 1. The molecule has 0 unspecified atom stereocenters. The third-order valence-electron chi connectivity index (χ3n) is 7.02. The van der Waals surface area contributed by atoms with Gasteiger partial charge in [0, 0.05) is 16.7 Å². The van der Waals surface area contributed by atoms with E-state index in [1.807, 2.05) is 0 Å². The number of ketones is 2. The Kier molecular flexibility index (Phi) is 9.91. The highest BCUT2D eigenvalue weighted by Crippen LogP contribution is 2.45. The Morgan fingerprint density at radius 1 is 0.489 bits per heavy atom. The van der Waals surface area contributed by atoms with E-state index in [1.165, 1.54) is 88.3 Å². The molecule has 0 saturated heterocycles. The van der Waals surface area contributed by atoms with E-state index < -0.39 is 11.6 Å². The second kappa shape index (κ2) is 13.8. The first kappa shape index (κ1) is 32.3. The normalized spacial score (nSPS) is 10.5. The molecule has 0 amide bonds. The summed E-state index contributed by atoms with van der Waals surface area (Å²) in [6.07, 6.45) is 0. The number of rotatable bonds is 14. The van der Waals surface area contributed by atoms with Gasteiger partial charge in [0.05, 0.1) is 64.0 Å². The van der Waals surface area contributed by atoms with Crippen LogP contribution >= 0.6 is 0 Å². The van der Waals surface area contributed by atoms with Gasteiger partial charge in [0.1, 0.15) is 11.4 Å². The van der Waals surface area contributed by atoms with Crippen molar-refractivity contribution in [2.24, 2.45) is 0 Å². The monoisotopic (exact) mass is 622 g/mol. The highest BCUT2D eigenvalue weighted by molar-refractivity contribution is 6.18. The zero-order valence-electron chi connectivity index (χ0n) is 26.4. The Balaban J connectivity index is 2.01. The summed E-state index contributed by atoms with van der Waals surface area (Å²) in [5.41, 5.74) is 0.811. The number of methoxy groups -OCH3 is 9. The number of ether oxygens (including phenoxy) is 9. The molecule has 1 aromatic heterocycles. The van der Waals surface area contributed by atoms with Crippen LogP contribution < -0.4 is 42.6 Å². The van der Waals surface area contributed by atoms with Crippen LogP contribution in [0.5, 0.6) is 51.7 Å². The summed E-state index contributed by atoms with van der Waals surface area (Å²) in [6.45, 7) is 0. The fraction of sp³-hybridized carbons (Fsp3) is 0.281. The molecule has 0 saturated carbocycles. The molecule has 0 aliphatic heterocycles. The van der Waals surface area contributed by atoms with Gasteiger partial charge in [-0.05, 0) is 42.0 Å². The van der Waals surface area contributed by atoms with Gasteiger partial charge in [-0.25, -0.2) is 0 Å². The number of nitrogens with one attached hydrogen (secondary N) is 1. The van der Waals surface area contributed by atoms with Crippen molar-refractivity contribution in [3.63, 3.8) is 0 Å². The summed E-state index contributed by atoms with van der Waals surface area (Å²) < 4.78 is 49.2. The minimum Gasteiger partial charge on any atom is -0.493 e. The van der Waals surface area contributed by atoms with Gasteiger partial charge in [-0.15, -0.1) is 0 Å². The van der Waals surface area contributed by atoms with Crippen LogP contribution in [0.4, 0.5) is 0 Å². The van der Waals surface area contributed by atoms with Crippen LogP contribution in [0.3, 0.4) is 0 Å². The first-order valence-corrected chi connectivity index (χ1v) is 13.3. The van der Waals surface area contributed by atoms with Crippen molar-refractivity contribution in [1.82, 2.24) is 10.2 Å². The molecule has 45 heavy (non-hydrogen) atoms. The van der Waals surface area contributed by atoms with Crippen LogP contribution in [0.1, 0.15) is 32.1 Å². The third-order valence-corrected chi connectivity index (χ3v) is 7.02. The maximum Gasteiger partial charge on any atom is 0.214 e. The lowest BCUT2D eigenvalue weighted by atomic mass is 9.94. The van der Waals surface area contributed by atoms with Gasteiger partial charge in [0.25, 0.3) is 0 Å². The minimum absolute atomic E-state index is 0.00524. The van der Waals surface area contributed by atoms with E-state index in [0.717, 1.165) is 0 Å². The SMILES string of the molecule is COc1cc(C(=O)c2n[nH]c(C(=O)c3cc(OC)c(OC)c(OC)c3)c2-c2cc(OC)c(OC)c(OC)c2)cc(OC)c1OC. The number of carbonyl (C=O) groups excluding carboxylic acids is 2. The zero-order chi connectivity index (χ0) is 32.8. The van der Waals surface area contributed by atoms with Gasteiger partial charge in [-0.2, -0.15) is 5.10 Å². The molecule has 13 heteroatoms. The first-order valence-electron chi connectivity index (χ1n) is 13.3. The maximum absolute atomic E-state index is 14.2. The van der Waals surface area contributed by atoms with Gasteiger partial charge in [-0.1, -0.05) is 0 Å².